The quantitative estimate of drug-likeness (QED) is 0.204. The summed E-state index contributed by atoms with van der Waals surface area (Å²) in [7, 11) is -0.0448. The van der Waals surface area contributed by atoms with Crippen LogP contribution in [0.4, 0.5) is 0 Å². The minimum absolute atomic E-state index is 0.185. The third-order valence-corrected chi connectivity index (χ3v) is 11.1. The highest BCUT2D eigenvalue weighted by Crippen LogP contribution is 2.41. The van der Waals surface area contributed by atoms with Crippen LogP contribution >= 0.6 is 7.92 Å². The fraction of sp³-hybridized carbons (Fsp3) is 0.176. The first-order valence-corrected chi connectivity index (χ1v) is 15.4. The van der Waals surface area contributed by atoms with Crippen molar-refractivity contribution in [3.63, 3.8) is 0 Å². The highest BCUT2D eigenvalue weighted by Gasteiger charge is 2.34. The maximum absolute atomic E-state index is 14.0. The molecule has 0 amide bonds. The molecule has 0 saturated carbocycles. The normalized spacial score (nSPS) is 13.6. The fourth-order valence-electron chi connectivity index (χ4n) is 5.08. The molecule has 2 nitrogen and oxygen atoms in total. The largest absolute Gasteiger partial charge is 0.242 e. The molecule has 5 aromatic carbocycles. The zero-order chi connectivity index (χ0) is 26.7. The highest BCUT2D eigenvalue weighted by atomic mass is 32.2. The maximum atomic E-state index is 14.0. The van der Waals surface area contributed by atoms with Gasteiger partial charge >= 0.3 is 0 Å². The van der Waals surface area contributed by atoms with Gasteiger partial charge in [-0.05, 0) is 66.5 Å². The molecule has 0 bridgehead atoms. The van der Waals surface area contributed by atoms with Gasteiger partial charge in [0.1, 0.15) is 11.0 Å². The summed E-state index contributed by atoms with van der Waals surface area (Å²) in [5.41, 5.74) is 2.37. The van der Waals surface area contributed by atoms with Gasteiger partial charge in [0, 0.05) is 7.05 Å². The molecule has 2 atom stereocenters. The molecule has 0 spiro atoms. The molecule has 5 aromatic rings. The van der Waals surface area contributed by atoms with Crippen LogP contribution in [0.3, 0.4) is 0 Å². The Morgan fingerprint density at radius 2 is 1.13 bits per heavy atom. The van der Waals surface area contributed by atoms with E-state index in [9.17, 15) is 4.21 Å². The molecule has 0 saturated heterocycles. The van der Waals surface area contributed by atoms with Crippen LogP contribution in [0, 0.1) is 0 Å². The van der Waals surface area contributed by atoms with E-state index in [0.717, 1.165) is 0 Å². The number of fused-ring (bicyclic) bond motifs is 1. The van der Waals surface area contributed by atoms with Crippen molar-refractivity contribution < 1.29 is 4.21 Å². The van der Waals surface area contributed by atoms with Crippen molar-refractivity contribution in [1.29, 1.82) is 0 Å². The van der Waals surface area contributed by atoms with E-state index in [1.54, 1.807) is 0 Å². The molecular weight excluding hydrogens is 501 g/mol. The predicted molar refractivity (Wildman–Crippen MR) is 167 cm³/mol. The van der Waals surface area contributed by atoms with Gasteiger partial charge in [0.2, 0.25) is 0 Å². The van der Waals surface area contributed by atoms with Crippen LogP contribution in [-0.4, -0.2) is 20.3 Å². The van der Waals surface area contributed by atoms with Crippen molar-refractivity contribution in [3.8, 4) is 0 Å². The summed E-state index contributed by atoms with van der Waals surface area (Å²) >= 11 is 0. The molecular formula is C34H34NOPS. The fourth-order valence-corrected chi connectivity index (χ4v) is 8.85. The lowest BCUT2D eigenvalue weighted by atomic mass is 9.94. The van der Waals surface area contributed by atoms with Gasteiger partial charge in [0.25, 0.3) is 0 Å². The zero-order valence-corrected chi connectivity index (χ0v) is 24.1. The first-order valence-electron chi connectivity index (χ1n) is 13.0. The van der Waals surface area contributed by atoms with E-state index in [-0.39, 0.29) is 6.04 Å². The Hall–Kier alpha value is -3.10. The molecule has 38 heavy (non-hydrogen) atoms. The average Bonchev–Trinajstić information content (AvgIpc) is 2.94. The Morgan fingerprint density at radius 1 is 0.632 bits per heavy atom. The van der Waals surface area contributed by atoms with Gasteiger partial charge in [-0.3, -0.25) is 0 Å². The van der Waals surface area contributed by atoms with Crippen LogP contribution in [0.25, 0.3) is 10.8 Å². The number of rotatable bonds is 7. The van der Waals surface area contributed by atoms with Gasteiger partial charge in [-0.2, -0.15) is 0 Å². The number of hydrogen-bond acceptors (Lipinski definition) is 1. The Kier molecular flexibility index (Phi) is 7.91. The van der Waals surface area contributed by atoms with Gasteiger partial charge < -0.3 is 0 Å². The Morgan fingerprint density at radius 3 is 1.76 bits per heavy atom. The van der Waals surface area contributed by atoms with Crippen LogP contribution in [0.2, 0.25) is 0 Å². The summed E-state index contributed by atoms with van der Waals surface area (Å²) in [6, 6.07) is 45.2. The van der Waals surface area contributed by atoms with Crippen molar-refractivity contribution in [3.05, 3.63) is 139 Å². The van der Waals surface area contributed by atoms with Gasteiger partial charge in [-0.1, -0.05) is 127 Å². The summed E-state index contributed by atoms with van der Waals surface area (Å²) in [5.74, 6) is 0. The molecule has 0 aliphatic heterocycles. The topological polar surface area (TPSA) is 20.3 Å². The molecule has 2 unspecified atom stereocenters. The first kappa shape index (κ1) is 26.5. The molecule has 0 aromatic heterocycles. The van der Waals surface area contributed by atoms with E-state index < -0.39 is 23.7 Å². The number of benzene rings is 5. The molecule has 0 N–H and O–H groups in total. The molecule has 0 fully saturated rings. The van der Waals surface area contributed by atoms with Gasteiger partial charge in [-0.15, -0.1) is 0 Å². The van der Waals surface area contributed by atoms with Gasteiger partial charge in [0.05, 0.1) is 10.8 Å². The summed E-state index contributed by atoms with van der Waals surface area (Å²) in [6.45, 7) is 6.14. The summed E-state index contributed by atoms with van der Waals surface area (Å²) < 4.78 is 15.6. The monoisotopic (exact) mass is 535 g/mol. The second-order valence-corrected chi connectivity index (χ2v) is 14.9. The lowest BCUT2D eigenvalue weighted by molar-refractivity contribution is 0.443. The summed E-state index contributed by atoms with van der Waals surface area (Å²) in [6.07, 6.45) is 0. The van der Waals surface area contributed by atoms with Crippen molar-refractivity contribution in [2.24, 2.45) is 0 Å². The Labute approximate surface area is 230 Å². The van der Waals surface area contributed by atoms with Crippen LogP contribution in [0.15, 0.2) is 127 Å². The van der Waals surface area contributed by atoms with Gasteiger partial charge in [0.15, 0.2) is 0 Å². The highest BCUT2D eigenvalue weighted by molar-refractivity contribution is 7.84. The molecule has 0 aliphatic carbocycles. The second kappa shape index (κ2) is 11.3. The molecule has 5 rings (SSSR count). The van der Waals surface area contributed by atoms with E-state index in [2.05, 4.69) is 132 Å². The lowest BCUT2D eigenvalue weighted by Crippen LogP contribution is -2.39. The lowest BCUT2D eigenvalue weighted by Gasteiger charge is -2.35. The predicted octanol–water partition coefficient (Wildman–Crippen LogP) is 7.08. The smallest absolute Gasteiger partial charge is 0.100 e. The van der Waals surface area contributed by atoms with E-state index in [1.807, 2.05) is 27.8 Å². The van der Waals surface area contributed by atoms with E-state index >= 15 is 0 Å². The van der Waals surface area contributed by atoms with Crippen LogP contribution < -0.4 is 15.9 Å². The first-order chi connectivity index (χ1) is 18.4. The van der Waals surface area contributed by atoms with Crippen LogP contribution in [0.1, 0.15) is 37.9 Å². The average molecular weight is 536 g/mol. The molecule has 192 valence electrons. The standard InChI is InChI=1S/C34H34NOPS/c1-34(2,3)38(36)35(4)33(30-24-15-17-26-16-11-12-22-29(26)30)31-23-13-14-25-32(31)37(27-18-7-5-8-19-27)28-20-9-6-10-21-28/h5-25,33H,1-4H3. The molecule has 4 heteroatoms. The van der Waals surface area contributed by atoms with Crippen molar-refractivity contribution in [1.82, 2.24) is 4.31 Å². The minimum atomic E-state index is -1.23. The molecule has 0 heterocycles. The Bertz CT molecular complexity index is 1500. The van der Waals surface area contributed by atoms with E-state index in [0.29, 0.717) is 0 Å². The zero-order valence-electron chi connectivity index (χ0n) is 22.4. The van der Waals surface area contributed by atoms with Gasteiger partial charge in [-0.25, -0.2) is 8.51 Å². The second-order valence-electron chi connectivity index (χ2n) is 10.4. The third kappa shape index (κ3) is 5.38. The van der Waals surface area contributed by atoms with Crippen LogP contribution in [0.5, 0.6) is 0 Å². The van der Waals surface area contributed by atoms with Crippen molar-refractivity contribution in [2.45, 2.75) is 31.6 Å². The SMILES string of the molecule is CN(C(c1ccccc1P(c1ccccc1)c1ccccc1)c1cccc2ccccc12)S(=O)C(C)(C)C. The number of hydrogen-bond donors (Lipinski definition) is 0. The van der Waals surface area contributed by atoms with E-state index in [1.165, 1.54) is 37.8 Å². The summed E-state index contributed by atoms with van der Waals surface area (Å²) in [4.78, 5) is 0. The third-order valence-electron chi connectivity index (χ3n) is 6.77. The van der Waals surface area contributed by atoms with Crippen LogP contribution in [-0.2, 0) is 11.0 Å². The molecule has 0 radical (unpaired) electrons. The number of nitrogens with zero attached hydrogens (tertiary/aromatic N) is 1. The van der Waals surface area contributed by atoms with E-state index in [4.69, 9.17) is 0 Å². The minimum Gasteiger partial charge on any atom is -0.242 e. The molecule has 0 aliphatic rings. The van der Waals surface area contributed by atoms with Crippen molar-refractivity contribution >= 4 is 45.6 Å². The van der Waals surface area contributed by atoms with Crippen molar-refractivity contribution in [2.75, 3.05) is 7.05 Å². The summed E-state index contributed by atoms with van der Waals surface area (Å²) in [5, 5.41) is 6.28. The Balaban J connectivity index is 1.79. The maximum Gasteiger partial charge on any atom is 0.100 e.